The predicted octanol–water partition coefficient (Wildman–Crippen LogP) is 3.49. The van der Waals surface area contributed by atoms with Crippen molar-refractivity contribution in [2.24, 2.45) is 10.7 Å². The smallest absolute Gasteiger partial charge is 0.196 e. The molecule has 3 heteroatoms. The number of rotatable bonds is 2. The van der Waals surface area contributed by atoms with Crippen LogP contribution in [-0.4, -0.2) is 12.5 Å². The van der Waals surface area contributed by atoms with Crippen molar-refractivity contribution in [2.45, 2.75) is 26.8 Å². The molecule has 0 aliphatic carbocycles. The number of nitrogens with zero attached hydrogens (tertiary/aromatic N) is 2. The van der Waals surface area contributed by atoms with E-state index in [4.69, 9.17) is 5.73 Å². The summed E-state index contributed by atoms with van der Waals surface area (Å²) in [6.45, 7) is 7.10. The summed E-state index contributed by atoms with van der Waals surface area (Å²) < 4.78 is 0. The largest absolute Gasteiger partial charge is 0.369 e. The molecule has 2 aromatic rings. The van der Waals surface area contributed by atoms with Crippen molar-refractivity contribution >= 4 is 11.6 Å². The number of hydrogen-bond acceptors (Lipinski definition) is 3. The Hall–Kier alpha value is -2.29. The molecular weight excluding hydrogens is 258 g/mol. The fourth-order valence-electron chi connectivity index (χ4n) is 3.06. The standard InChI is InChI=1S/C18H21N3/c1-12-8-9-15(14(3)10-12)17-11-20-18(19)21(17)16-7-5-4-6-13(16)2/h4-10,17H,11H2,1-3H3,(H2,19,20). The van der Waals surface area contributed by atoms with Crippen LogP contribution in [0.5, 0.6) is 0 Å². The number of benzene rings is 2. The van der Waals surface area contributed by atoms with Crippen molar-refractivity contribution in [3.8, 4) is 0 Å². The van der Waals surface area contributed by atoms with Crippen molar-refractivity contribution in [3.05, 3.63) is 64.7 Å². The zero-order chi connectivity index (χ0) is 15.0. The number of anilines is 1. The lowest BCUT2D eigenvalue weighted by molar-refractivity contribution is 0.760. The average molecular weight is 279 g/mol. The van der Waals surface area contributed by atoms with E-state index in [1.54, 1.807) is 0 Å². The van der Waals surface area contributed by atoms with Crippen LogP contribution in [0.3, 0.4) is 0 Å². The van der Waals surface area contributed by atoms with Gasteiger partial charge in [0.1, 0.15) is 0 Å². The lowest BCUT2D eigenvalue weighted by Gasteiger charge is -2.29. The molecule has 0 fully saturated rings. The van der Waals surface area contributed by atoms with Crippen molar-refractivity contribution in [2.75, 3.05) is 11.4 Å². The maximum absolute atomic E-state index is 6.16. The van der Waals surface area contributed by atoms with E-state index < -0.39 is 0 Å². The predicted molar refractivity (Wildman–Crippen MR) is 88.8 cm³/mol. The zero-order valence-electron chi connectivity index (χ0n) is 12.8. The molecule has 0 radical (unpaired) electrons. The van der Waals surface area contributed by atoms with Gasteiger partial charge in [0.25, 0.3) is 0 Å². The van der Waals surface area contributed by atoms with Crippen molar-refractivity contribution < 1.29 is 0 Å². The van der Waals surface area contributed by atoms with Gasteiger partial charge in [-0.1, -0.05) is 42.0 Å². The van der Waals surface area contributed by atoms with Crippen LogP contribution in [-0.2, 0) is 0 Å². The highest BCUT2D eigenvalue weighted by Crippen LogP contribution is 2.34. The Morgan fingerprint density at radius 2 is 1.81 bits per heavy atom. The van der Waals surface area contributed by atoms with Gasteiger partial charge in [-0.25, -0.2) is 0 Å². The van der Waals surface area contributed by atoms with Crippen molar-refractivity contribution in [1.29, 1.82) is 0 Å². The molecule has 21 heavy (non-hydrogen) atoms. The van der Waals surface area contributed by atoms with Crippen LogP contribution in [0.2, 0.25) is 0 Å². The average Bonchev–Trinajstić information content (AvgIpc) is 2.81. The first kappa shape index (κ1) is 13.7. The van der Waals surface area contributed by atoms with E-state index >= 15 is 0 Å². The van der Waals surface area contributed by atoms with E-state index in [1.165, 1.54) is 22.3 Å². The molecule has 0 saturated carbocycles. The fourth-order valence-corrected chi connectivity index (χ4v) is 3.06. The second kappa shape index (κ2) is 5.24. The van der Waals surface area contributed by atoms with Crippen LogP contribution in [0, 0.1) is 20.8 Å². The summed E-state index contributed by atoms with van der Waals surface area (Å²) in [5, 5.41) is 0. The highest BCUT2D eigenvalue weighted by Gasteiger charge is 2.30. The fraction of sp³-hybridized carbons (Fsp3) is 0.278. The summed E-state index contributed by atoms with van der Waals surface area (Å²) in [4.78, 5) is 6.64. The third-order valence-electron chi connectivity index (χ3n) is 4.14. The maximum Gasteiger partial charge on any atom is 0.196 e. The third kappa shape index (κ3) is 2.40. The van der Waals surface area contributed by atoms with Crippen LogP contribution >= 0.6 is 0 Å². The monoisotopic (exact) mass is 279 g/mol. The molecule has 0 amide bonds. The third-order valence-corrected chi connectivity index (χ3v) is 4.14. The Kier molecular flexibility index (Phi) is 3.42. The van der Waals surface area contributed by atoms with Crippen LogP contribution in [0.25, 0.3) is 0 Å². The molecule has 2 aromatic carbocycles. The highest BCUT2D eigenvalue weighted by molar-refractivity contribution is 5.98. The summed E-state index contributed by atoms with van der Waals surface area (Å²) in [6.07, 6.45) is 0. The molecule has 3 rings (SSSR count). The quantitative estimate of drug-likeness (QED) is 0.914. The molecular formula is C18H21N3. The Morgan fingerprint density at radius 3 is 2.52 bits per heavy atom. The summed E-state index contributed by atoms with van der Waals surface area (Å²) in [7, 11) is 0. The molecule has 1 heterocycles. The van der Waals surface area contributed by atoms with Crippen LogP contribution in [0.15, 0.2) is 47.5 Å². The second-order valence-electron chi connectivity index (χ2n) is 5.73. The van der Waals surface area contributed by atoms with E-state index in [0.717, 1.165) is 5.69 Å². The first-order valence-electron chi connectivity index (χ1n) is 7.30. The first-order chi connectivity index (χ1) is 10.1. The van der Waals surface area contributed by atoms with E-state index in [0.29, 0.717) is 12.5 Å². The van der Waals surface area contributed by atoms with Crippen LogP contribution in [0.4, 0.5) is 5.69 Å². The number of para-hydroxylation sites is 1. The van der Waals surface area contributed by atoms with Gasteiger partial charge >= 0.3 is 0 Å². The molecule has 0 saturated heterocycles. The minimum absolute atomic E-state index is 0.187. The summed E-state index contributed by atoms with van der Waals surface area (Å²) in [6, 6.07) is 15.1. The van der Waals surface area contributed by atoms with E-state index in [-0.39, 0.29) is 6.04 Å². The van der Waals surface area contributed by atoms with E-state index in [1.807, 2.05) is 12.1 Å². The molecule has 3 nitrogen and oxygen atoms in total. The Balaban J connectivity index is 2.05. The number of aryl methyl sites for hydroxylation is 3. The Labute approximate surface area is 126 Å². The Morgan fingerprint density at radius 1 is 1.05 bits per heavy atom. The van der Waals surface area contributed by atoms with Gasteiger partial charge < -0.3 is 10.6 Å². The normalized spacial score (nSPS) is 18.0. The topological polar surface area (TPSA) is 41.6 Å². The van der Waals surface area contributed by atoms with Crippen molar-refractivity contribution in [1.82, 2.24) is 0 Å². The van der Waals surface area contributed by atoms with E-state index in [9.17, 15) is 0 Å². The van der Waals surface area contributed by atoms with Crippen LogP contribution in [0.1, 0.15) is 28.3 Å². The van der Waals surface area contributed by atoms with Crippen LogP contribution < -0.4 is 10.6 Å². The molecule has 1 unspecified atom stereocenters. The Bertz CT molecular complexity index is 703. The maximum atomic E-state index is 6.16. The molecule has 2 N–H and O–H groups in total. The van der Waals surface area contributed by atoms with Gasteiger partial charge in [0.05, 0.1) is 12.6 Å². The molecule has 1 aliphatic rings. The van der Waals surface area contributed by atoms with Gasteiger partial charge in [0.2, 0.25) is 0 Å². The second-order valence-corrected chi connectivity index (χ2v) is 5.73. The summed E-state index contributed by atoms with van der Waals surface area (Å²) in [5.41, 5.74) is 12.4. The van der Waals surface area contributed by atoms with Gasteiger partial charge in [-0.3, -0.25) is 4.99 Å². The number of guanidine groups is 1. The van der Waals surface area contributed by atoms with Gasteiger partial charge in [-0.15, -0.1) is 0 Å². The minimum Gasteiger partial charge on any atom is -0.369 e. The molecule has 1 aliphatic heterocycles. The lowest BCUT2D eigenvalue weighted by Crippen LogP contribution is -2.36. The summed E-state index contributed by atoms with van der Waals surface area (Å²) >= 11 is 0. The van der Waals surface area contributed by atoms with Crippen molar-refractivity contribution in [3.63, 3.8) is 0 Å². The number of nitrogens with two attached hydrogens (primary N) is 1. The van der Waals surface area contributed by atoms with Gasteiger partial charge in [0.15, 0.2) is 5.96 Å². The van der Waals surface area contributed by atoms with Gasteiger partial charge in [-0.05, 0) is 43.5 Å². The van der Waals surface area contributed by atoms with Gasteiger partial charge in [-0.2, -0.15) is 0 Å². The zero-order valence-corrected chi connectivity index (χ0v) is 12.8. The number of hydrogen-bond donors (Lipinski definition) is 1. The molecule has 0 spiro atoms. The molecule has 108 valence electrons. The lowest BCUT2D eigenvalue weighted by atomic mass is 9.98. The molecule has 0 bridgehead atoms. The number of aliphatic imine (C=N–C) groups is 1. The first-order valence-corrected chi connectivity index (χ1v) is 7.30. The highest BCUT2D eigenvalue weighted by atomic mass is 15.3. The molecule has 1 atom stereocenters. The minimum atomic E-state index is 0.187. The van der Waals surface area contributed by atoms with E-state index in [2.05, 4.69) is 61.0 Å². The van der Waals surface area contributed by atoms with Gasteiger partial charge in [0, 0.05) is 5.69 Å². The SMILES string of the molecule is Cc1ccc(C2CN=C(N)N2c2ccccc2C)c(C)c1. The summed E-state index contributed by atoms with van der Waals surface area (Å²) in [5.74, 6) is 0.606. The molecule has 0 aromatic heterocycles.